The molecule has 80 valence electrons. The summed E-state index contributed by atoms with van der Waals surface area (Å²) in [6.45, 7) is 0. The van der Waals surface area contributed by atoms with Gasteiger partial charge >= 0.3 is 139 Å². The van der Waals surface area contributed by atoms with E-state index in [0.29, 0.717) is 0 Å². The molecule has 0 spiro atoms. The van der Waals surface area contributed by atoms with Crippen molar-refractivity contribution >= 4 is 129 Å². The van der Waals surface area contributed by atoms with Gasteiger partial charge in [0.05, 0.1) is 0 Å². The standard InChI is InChI=1S/3Ca.2H3O4P.2O.Ti/c;;;2*1-5(2,3)4;;;/h;;;2*(H3,1,2,3,4);;;/q3*+2;;;;;/p-6. The van der Waals surface area contributed by atoms with Crippen molar-refractivity contribution in [1.82, 2.24) is 0 Å². The van der Waals surface area contributed by atoms with E-state index in [0.717, 1.165) is 0 Å². The van der Waals surface area contributed by atoms with Crippen LogP contribution in [0.5, 0.6) is 0 Å². The van der Waals surface area contributed by atoms with Gasteiger partial charge in [0.2, 0.25) is 0 Å². The van der Waals surface area contributed by atoms with Crippen LogP contribution in [0, 0.1) is 0 Å². The van der Waals surface area contributed by atoms with Gasteiger partial charge in [-0.05, 0) is 0 Å². The third kappa shape index (κ3) is 295. The summed E-state index contributed by atoms with van der Waals surface area (Å²) in [5.41, 5.74) is 0. The molecule has 0 heterocycles. The van der Waals surface area contributed by atoms with Crippen LogP contribution in [0.25, 0.3) is 0 Å². The van der Waals surface area contributed by atoms with Crippen LogP contribution < -0.4 is 29.4 Å². The Hall–Kier alpha value is 4.31. The monoisotopic (exact) mass is 390 g/mol. The normalized spacial score (nSPS) is 7.88. The molecule has 0 radical (unpaired) electrons. The Bertz CT molecular complexity index is 198. The van der Waals surface area contributed by atoms with Crippen LogP contribution in [0.4, 0.5) is 0 Å². The summed E-state index contributed by atoms with van der Waals surface area (Å²) in [4.78, 5) is 51.3. The first kappa shape index (κ1) is 37.0. The van der Waals surface area contributed by atoms with Gasteiger partial charge in [-0.2, -0.15) is 15.6 Å². The van der Waals surface area contributed by atoms with Crippen molar-refractivity contribution in [1.29, 1.82) is 0 Å². The van der Waals surface area contributed by atoms with Gasteiger partial charge in [0.15, 0.2) is 0 Å². The van der Waals surface area contributed by atoms with E-state index in [1.165, 1.54) is 0 Å². The third-order valence-corrected chi connectivity index (χ3v) is 0. The minimum absolute atomic E-state index is 0. The van der Waals surface area contributed by atoms with Crippen molar-refractivity contribution in [2.75, 3.05) is 0 Å². The van der Waals surface area contributed by atoms with Crippen molar-refractivity contribution in [2.24, 2.45) is 0 Å². The maximum absolute atomic E-state index is 8.55. The zero-order valence-corrected chi connectivity index (χ0v) is 17.6. The fraction of sp³-hybridized carbons (Fsp3) is 0. The quantitative estimate of drug-likeness (QED) is 0.282. The van der Waals surface area contributed by atoms with Crippen LogP contribution in [0.3, 0.4) is 0 Å². The van der Waals surface area contributed by atoms with E-state index in [9.17, 15) is 0 Å². The summed E-state index contributed by atoms with van der Waals surface area (Å²) in [7, 11) is -10.8. The first-order chi connectivity index (χ1) is 5.41. The van der Waals surface area contributed by atoms with Crippen LogP contribution in [0.15, 0.2) is 0 Å². The Morgan fingerprint density at radius 1 is 0.625 bits per heavy atom. The van der Waals surface area contributed by atoms with Crippen LogP contribution in [-0.4, -0.2) is 113 Å². The molecule has 0 aromatic carbocycles. The minimum atomic E-state index is -5.39. The molecule has 0 aromatic rings. The number of rotatable bonds is 0. The topological polar surface area (TPSA) is 207 Å². The molecule has 0 rings (SSSR count). The molecule has 0 fully saturated rings. The fourth-order valence-electron chi connectivity index (χ4n) is 0. The molecule has 0 aliphatic carbocycles. The zero-order chi connectivity index (χ0) is 11.7. The van der Waals surface area contributed by atoms with Gasteiger partial charge in [-0.15, -0.1) is 0 Å². The molecule has 0 aromatic heterocycles. The molecule has 16 heteroatoms. The molecule has 0 unspecified atom stereocenters. The summed E-state index contributed by atoms with van der Waals surface area (Å²) in [5.74, 6) is 0. The van der Waals surface area contributed by atoms with Crippen molar-refractivity contribution in [2.45, 2.75) is 0 Å². The Morgan fingerprint density at radius 2 is 0.625 bits per heavy atom. The fourth-order valence-corrected chi connectivity index (χ4v) is 0. The van der Waals surface area contributed by atoms with E-state index < -0.39 is 34.7 Å². The summed E-state index contributed by atoms with van der Waals surface area (Å²) in [6.07, 6.45) is 0. The third-order valence-electron chi connectivity index (χ3n) is 0. The second-order valence-corrected chi connectivity index (χ2v) is 3.03. The van der Waals surface area contributed by atoms with E-state index in [-0.39, 0.29) is 113 Å². The van der Waals surface area contributed by atoms with Crippen LogP contribution in [-0.2, 0) is 34.9 Å². The molecule has 0 bridgehead atoms. The maximum atomic E-state index is 8.55. The number of hydrogen-bond donors (Lipinski definition) is 0. The second kappa shape index (κ2) is 21.6. The van der Waals surface area contributed by atoms with Gasteiger partial charge in [0.25, 0.3) is 0 Å². The summed E-state index contributed by atoms with van der Waals surface area (Å²) >= 11 is -2.00. The molecular formula is Ca3O10P2Ti. The van der Waals surface area contributed by atoms with Gasteiger partial charge in [0, 0.05) is 0 Å². The molecule has 10 nitrogen and oxygen atoms in total. The molecular weight excluding hydrogens is 390 g/mol. The molecule has 0 amide bonds. The first-order valence-electron chi connectivity index (χ1n) is 1.87. The molecule has 16 heavy (non-hydrogen) atoms. The van der Waals surface area contributed by atoms with E-state index in [1.807, 2.05) is 0 Å². The average molecular weight is 390 g/mol. The van der Waals surface area contributed by atoms with Crippen molar-refractivity contribution in [3.8, 4) is 0 Å². The van der Waals surface area contributed by atoms with Gasteiger partial charge in [-0.25, -0.2) is 0 Å². The molecule has 0 aliphatic rings. The van der Waals surface area contributed by atoms with Crippen LogP contribution >= 0.6 is 15.6 Å². The van der Waals surface area contributed by atoms with Crippen molar-refractivity contribution in [3.63, 3.8) is 0 Å². The summed E-state index contributed by atoms with van der Waals surface area (Å²) < 4.78 is 34.1. The SMILES string of the molecule is O=P([O-])([O-])[O-].O=P([O-])([O-])[O-].[Ca+2].[Ca+2].[Ca+2].[O]=[Ti]=[O]. The molecule has 0 saturated carbocycles. The summed E-state index contributed by atoms with van der Waals surface area (Å²) in [5, 5.41) is 0. The number of phosphoric acid groups is 2. The number of hydrogen-bond acceptors (Lipinski definition) is 10. The van der Waals surface area contributed by atoms with E-state index in [2.05, 4.69) is 0 Å². The van der Waals surface area contributed by atoms with Gasteiger partial charge in [-0.3, -0.25) is 0 Å². The summed E-state index contributed by atoms with van der Waals surface area (Å²) in [6, 6.07) is 0. The average Bonchev–Trinajstić information content (AvgIpc) is 1.52. The predicted octanol–water partition coefficient (Wildman–Crippen LogP) is -7.03. The molecule has 0 atom stereocenters. The Kier molecular flexibility index (Phi) is 49.9. The molecule has 0 aliphatic heterocycles. The van der Waals surface area contributed by atoms with Crippen LogP contribution in [0.2, 0.25) is 0 Å². The zero-order valence-electron chi connectivity index (χ0n) is 7.60. The van der Waals surface area contributed by atoms with Crippen LogP contribution in [0.1, 0.15) is 0 Å². The van der Waals surface area contributed by atoms with Gasteiger partial charge in [0.1, 0.15) is 0 Å². The van der Waals surface area contributed by atoms with Gasteiger partial charge < -0.3 is 38.5 Å². The van der Waals surface area contributed by atoms with Crippen molar-refractivity contribution in [3.05, 3.63) is 0 Å². The molecule has 0 saturated heterocycles. The Morgan fingerprint density at radius 3 is 0.625 bits per heavy atom. The van der Waals surface area contributed by atoms with E-state index >= 15 is 0 Å². The molecule has 0 N–H and O–H groups in total. The van der Waals surface area contributed by atoms with E-state index in [1.54, 1.807) is 0 Å². The first-order valence-corrected chi connectivity index (χ1v) is 6.07. The Balaban J connectivity index is -0.0000000220. The predicted molar refractivity (Wildman–Crippen MR) is 33.8 cm³/mol. The second-order valence-electron chi connectivity index (χ2n) is 0.978. The van der Waals surface area contributed by atoms with Crippen molar-refractivity contribution < 1.29 is 64.2 Å². The Labute approximate surface area is 189 Å². The van der Waals surface area contributed by atoms with Gasteiger partial charge in [-0.1, -0.05) is 0 Å². The van der Waals surface area contributed by atoms with E-state index in [4.69, 9.17) is 45.1 Å².